The van der Waals surface area contributed by atoms with Gasteiger partial charge in [-0.15, -0.1) is 11.3 Å². The molecule has 0 saturated heterocycles. The number of hydrogen-bond acceptors (Lipinski definition) is 3. The van der Waals surface area contributed by atoms with Gasteiger partial charge in [0, 0.05) is 16.3 Å². The van der Waals surface area contributed by atoms with E-state index in [9.17, 15) is 4.79 Å². The molecule has 0 spiro atoms. The first-order valence-corrected chi connectivity index (χ1v) is 5.55. The van der Waals surface area contributed by atoms with Crippen molar-refractivity contribution in [3.63, 3.8) is 0 Å². The summed E-state index contributed by atoms with van der Waals surface area (Å²) in [5, 5.41) is 3.07. The minimum atomic E-state index is -0.308. The molecule has 0 radical (unpaired) electrons. The fourth-order valence-corrected chi connectivity index (χ4v) is 1.97. The van der Waals surface area contributed by atoms with Crippen molar-refractivity contribution in [3.05, 3.63) is 21.9 Å². The lowest BCUT2D eigenvalue weighted by Crippen LogP contribution is -2.38. The Bertz CT molecular complexity index is 309. The second-order valence-corrected chi connectivity index (χ2v) is 4.48. The summed E-state index contributed by atoms with van der Waals surface area (Å²) in [6, 6.07) is 3.95. The van der Waals surface area contributed by atoms with Crippen LogP contribution >= 0.6 is 11.3 Å². The highest BCUT2D eigenvalue weighted by atomic mass is 32.1. The van der Waals surface area contributed by atoms with Crippen LogP contribution in [0.1, 0.15) is 23.6 Å². The molecule has 0 saturated carbocycles. The van der Waals surface area contributed by atoms with E-state index >= 15 is 0 Å². The summed E-state index contributed by atoms with van der Waals surface area (Å²) in [6.45, 7) is 4.63. The van der Waals surface area contributed by atoms with Gasteiger partial charge in [-0.1, -0.05) is 6.92 Å². The molecule has 0 fully saturated rings. The van der Waals surface area contributed by atoms with Crippen LogP contribution in [0.3, 0.4) is 0 Å². The van der Waals surface area contributed by atoms with Gasteiger partial charge in [0.25, 0.3) is 0 Å². The molecule has 3 N–H and O–H groups in total. The molecule has 1 rings (SSSR count). The maximum absolute atomic E-state index is 10.7. The molecule has 1 unspecified atom stereocenters. The summed E-state index contributed by atoms with van der Waals surface area (Å²) >= 11 is 1.77. The molecule has 0 aliphatic carbocycles. The van der Waals surface area contributed by atoms with Crippen LogP contribution in [0, 0.1) is 0 Å². The van der Waals surface area contributed by atoms with Gasteiger partial charge in [0.15, 0.2) is 0 Å². The van der Waals surface area contributed by atoms with Crippen LogP contribution in [0.25, 0.3) is 0 Å². The summed E-state index contributed by atoms with van der Waals surface area (Å²) in [5.41, 5.74) is 5.13. The first kappa shape index (κ1) is 11.2. The summed E-state index contributed by atoms with van der Waals surface area (Å²) in [7, 11) is 0. The van der Waals surface area contributed by atoms with Crippen LogP contribution in [-0.4, -0.2) is 11.9 Å². The van der Waals surface area contributed by atoms with Crippen molar-refractivity contribution in [2.45, 2.75) is 32.9 Å². The molecule has 1 heterocycles. The highest BCUT2D eigenvalue weighted by molar-refractivity contribution is 7.11. The van der Waals surface area contributed by atoms with Crippen molar-refractivity contribution in [1.82, 2.24) is 5.32 Å². The highest BCUT2D eigenvalue weighted by Crippen LogP contribution is 2.16. The molecule has 0 aliphatic rings. The summed E-state index contributed by atoms with van der Waals surface area (Å²) < 4.78 is 0. The van der Waals surface area contributed by atoms with Gasteiger partial charge in [-0.3, -0.25) is 4.79 Å². The molecule has 78 valence electrons. The molecule has 0 aromatic carbocycles. The Morgan fingerprint density at radius 1 is 1.57 bits per heavy atom. The minimum Gasteiger partial charge on any atom is -0.368 e. The zero-order chi connectivity index (χ0) is 10.6. The van der Waals surface area contributed by atoms with Crippen LogP contribution in [0.2, 0.25) is 0 Å². The fourth-order valence-electron chi connectivity index (χ4n) is 1.06. The van der Waals surface area contributed by atoms with Gasteiger partial charge in [0.05, 0.1) is 6.04 Å². The Labute approximate surface area is 88.3 Å². The third-order valence-electron chi connectivity index (χ3n) is 2.08. The number of thiophene rings is 1. The van der Waals surface area contributed by atoms with Crippen molar-refractivity contribution >= 4 is 17.2 Å². The summed E-state index contributed by atoms with van der Waals surface area (Å²) in [4.78, 5) is 13.4. The summed E-state index contributed by atoms with van der Waals surface area (Å²) in [5.74, 6) is -0.308. The summed E-state index contributed by atoms with van der Waals surface area (Å²) in [6.07, 6.45) is 1.07. The van der Waals surface area contributed by atoms with Gasteiger partial charge >= 0.3 is 0 Å². The van der Waals surface area contributed by atoms with Crippen LogP contribution in [0.15, 0.2) is 12.1 Å². The molecule has 14 heavy (non-hydrogen) atoms. The van der Waals surface area contributed by atoms with Crippen molar-refractivity contribution in [3.8, 4) is 0 Å². The molecule has 1 atom stereocenters. The third-order valence-corrected chi connectivity index (χ3v) is 3.30. The first-order chi connectivity index (χ1) is 6.63. The van der Waals surface area contributed by atoms with E-state index in [0.717, 1.165) is 13.0 Å². The smallest absolute Gasteiger partial charge is 0.234 e. The average molecular weight is 212 g/mol. The van der Waals surface area contributed by atoms with Crippen LogP contribution in [-0.2, 0) is 17.8 Å². The number of rotatable bonds is 5. The zero-order valence-electron chi connectivity index (χ0n) is 8.54. The Kier molecular flexibility index (Phi) is 4.10. The van der Waals surface area contributed by atoms with Gasteiger partial charge in [-0.25, -0.2) is 0 Å². The standard InChI is InChI=1S/C10H16N2OS/c1-3-8-4-5-9(14-8)6-12-7(2)10(11)13/h4-5,7,12H,3,6H2,1-2H3,(H2,11,13). The highest BCUT2D eigenvalue weighted by Gasteiger charge is 2.07. The number of nitrogens with one attached hydrogen (secondary N) is 1. The number of nitrogens with two attached hydrogens (primary N) is 1. The third kappa shape index (κ3) is 3.12. The molecule has 4 heteroatoms. The fraction of sp³-hybridized carbons (Fsp3) is 0.500. The van der Waals surface area contributed by atoms with Crippen molar-refractivity contribution in [2.24, 2.45) is 5.73 Å². The number of primary amides is 1. The van der Waals surface area contributed by atoms with E-state index in [-0.39, 0.29) is 11.9 Å². The zero-order valence-corrected chi connectivity index (χ0v) is 9.36. The van der Waals surface area contributed by atoms with E-state index in [1.807, 2.05) is 0 Å². The number of carbonyl (C=O) groups is 1. The van der Waals surface area contributed by atoms with E-state index < -0.39 is 0 Å². The van der Waals surface area contributed by atoms with Gasteiger partial charge in [0.2, 0.25) is 5.91 Å². The van der Waals surface area contributed by atoms with E-state index in [0.29, 0.717) is 0 Å². The Hall–Kier alpha value is -0.870. The molecule has 3 nitrogen and oxygen atoms in total. The van der Waals surface area contributed by atoms with Crippen molar-refractivity contribution in [1.29, 1.82) is 0 Å². The normalized spacial score (nSPS) is 12.7. The van der Waals surface area contributed by atoms with Crippen LogP contribution in [0.5, 0.6) is 0 Å². The number of hydrogen-bond donors (Lipinski definition) is 2. The van der Waals surface area contributed by atoms with Gasteiger partial charge < -0.3 is 11.1 Å². The van der Waals surface area contributed by atoms with Crippen molar-refractivity contribution in [2.75, 3.05) is 0 Å². The van der Waals surface area contributed by atoms with E-state index in [1.165, 1.54) is 9.75 Å². The lowest BCUT2D eigenvalue weighted by Gasteiger charge is -2.07. The lowest BCUT2D eigenvalue weighted by molar-refractivity contribution is -0.119. The second-order valence-electron chi connectivity index (χ2n) is 3.23. The van der Waals surface area contributed by atoms with E-state index in [2.05, 4.69) is 24.4 Å². The molecule has 0 bridgehead atoms. The molecular formula is C10H16N2OS. The quantitative estimate of drug-likeness (QED) is 0.772. The van der Waals surface area contributed by atoms with E-state index in [4.69, 9.17) is 5.73 Å². The second kappa shape index (κ2) is 5.12. The number of carbonyl (C=O) groups excluding carboxylic acids is 1. The molecule has 1 amide bonds. The molecular weight excluding hydrogens is 196 g/mol. The van der Waals surface area contributed by atoms with Gasteiger partial charge in [0.1, 0.15) is 0 Å². The van der Waals surface area contributed by atoms with Crippen LogP contribution < -0.4 is 11.1 Å². The maximum Gasteiger partial charge on any atom is 0.234 e. The van der Waals surface area contributed by atoms with Gasteiger partial charge in [-0.2, -0.15) is 0 Å². The van der Waals surface area contributed by atoms with Gasteiger partial charge in [-0.05, 0) is 25.5 Å². The maximum atomic E-state index is 10.7. The molecule has 1 aromatic rings. The number of amides is 1. The predicted molar refractivity (Wildman–Crippen MR) is 59.2 cm³/mol. The average Bonchev–Trinajstić information content (AvgIpc) is 2.61. The topological polar surface area (TPSA) is 55.1 Å². The Morgan fingerprint density at radius 3 is 2.71 bits per heavy atom. The Balaban J connectivity index is 2.41. The first-order valence-electron chi connectivity index (χ1n) is 4.73. The number of aryl methyl sites for hydroxylation is 1. The monoisotopic (exact) mass is 212 g/mol. The van der Waals surface area contributed by atoms with Crippen molar-refractivity contribution < 1.29 is 4.79 Å². The predicted octanol–water partition coefficient (Wildman–Crippen LogP) is 1.27. The minimum absolute atomic E-state index is 0.262. The van der Waals surface area contributed by atoms with Crippen LogP contribution in [0.4, 0.5) is 0 Å². The molecule has 1 aromatic heterocycles. The lowest BCUT2D eigenvalue weighted by atomic mass is 10.3. The van der Waals surface area contributed by atoms with E-state index in [1.54, 1.807) is 18.3 Å². The largest absolute Gasteiger partial charge is 0.368 e. The molecule has 0 aliphatic heterocycles. The Morgan fingerprint density at radius 2 is 2.21 bits per heavy atom. The SMILES string of the molecule is CCc1ccc(CNC(C)C(N)=O)s1.